The molecule has 0 spiro atoms. The molecule has 1 aromatic rings. The van der Waals surface area contributed by atoms with Crippen molar-refractivity contribution in [2.45, 2.75) is 86.0 Å². The second-order valence-electron chi connectivity index (χ2n) is 6.45. The number of anilines is 1. The highest BCUT2D eigenvalue weighted by atomic mass is 32.2. The van der Waals surface area contributed by atoms with Gasteiger partial charge in [0, 0.05) is 11.3 Å². The summed E-state index contributed by atoms with van der Waals surface area (Å²) in [5, 5.41) is 0. The van der Waals surface area contributed by atoms with Crippen LogP contribution in [0.4, 0.5) is 5.69 Å². The van der Waals surface area contributed by atoms with E-state index in [1.807, 2.05) is 18.0 Å². The normalized spacial score (nSPS) is 10.0. The van der Waals surface area contributed by atoms with Crippen LogP contribution in [-0.4, -0.2) is 5.75 Å². The molecule has 0 bridgehead atoms. The highest BCUT2D eigenvalue weighted by Gasteiger charge is 2.04. The molecule has 1 rings (SSSR count). The fourth-order valence-electron chi connectivity index (χ4n) is 2.45. The van der Waals surface area contributed by atoms with Gasteiger partial charge in [0.25, 0.3) is 0 Å². The first-order chi connectivity index (χ1) is 11.6. The molecule has 0 heterocycles. The van der Waals surface area contributed by atoms with Crippen molar-refractivity contribution in [2.24, 2.45) is 0 Å². The molecule has 24 heavy (non-hydrogen) atoms. The predicted molar refractivity (Wildman–Crippen MR) is 116 cm³/mol. The van der Waals surface area contributed by atoms with Gasteiger partial charge in [-0.25, -0.2) is 0 Å². The Labute approximate surface area is 155 Å². The lowest BCUT2D eigenvalue weighted by Crippen LogP contribution is -1.96. The van der Waals surface area contributed by atoms with Crippen LogP contribution in [0.2, 0.25) is 0 Å². The standard InChI is InChI=1S/C19H31NS.C3H8/c1-5-7-8-9-10-11-12-15-21-20-19-14-13-16(3)17(4)18(19)6-2;1-3-2/h6,13-14,20H,2,5,7-12,15H2,1,3-4H3;3H2,1-2H3. The van der Waals surface area contributed by atoms with E-state index in [0.717, 1.165) is 0 Å². The summed E-state index contributed by atoms with van der Waals surface area (Å²) >= 11 is 1.82. The molecule has 0 amide bonds. The highest BCUT2D eigenvalue weighted by molar-refractivity contribution is 8.00. The fraction of sp³-hybridized carbons (Fsp3) is 0.636. The Morgan fingerprint density at radius 2 is 1.54 bits per heavy atom. The van der Waals surface area contributed by atoms with Crippen molar-refractivity contribution in [3.8, 4) is 0 Å². The number of aryl methyl sites for hydroxylation is 1. The lowest BCUT2D eigenvalue weighted by atomic mass is 10.0. The molecule has 0 radical (unpaired) electrons. The minimum Gasteiger partial charge on any atom is -0.329 e. The zero-order valence-electron chi connectivity index (χ0n) is 16.7. The van der Waals surface area contributed by atoms with Crippen LogP contribution in [0.15, 0.2) is 18.7 Å². The van der Waals surface area contributed by atoms with Gasteiger partial charge in [-0.15, -0.1) is 0 Å². The van der Waals surface area contributed by atoms with Gasteiger partial charge < -0.3 is 4.72 Å². The van der Waals surface area contributed by atoms with Crippen molar-refractivity contribution in [3.05, 3.63) is 35.4 Å². The van der Waals surface area contributed by atoms with Crippen molar-refractivity contribution in [1.82, 2.24) is 0 Å². The molecule has 0 saturated carbocycles. The topological polar surface area (TPSA) is 12.0 Å². The molecule has 0 saturated heterocycles. The molecule has 0 aliphatic rings. The summed E-state index contributed by atoms with van der Waals surface area (Å²) in [5.41, 5.74) is 5.09. The summed E-state index contributed by atoms with van der Waals surface area (Å²) in [4.78, 5) is 0. The van der Waals surface area contributed by atoms with Gasteiger partial charge in [-0.3, -0.25) is 0 Å². The van der Waals surface area contributed by atoms with Crippen molar-refractivity contribution >= 4 is 23.7 Å². The Bertz CT molecular complexity index is 440. The molecule has 1 N–H and O–H groups in total. The summed E-state index contributed by atoms with van der Waals surface area (Å²) in [7, 11) is 0. The Hall–Kier alpha value is -0.890. The van der Waals surface area contributed by atoms with E-state index < -0.39 is 0 Å². The quantitative estimate of drug-likeness (QED) is 0.319. The molecular weight excluding hydrogens is 310 g/mol. The maximum absolute atomic E-state index is 3.94. The molecule has 0 unspecified atom stereocenters. The van der Waals surface area contributed by atoms with E-state index in [0.29, 0.717) is 0 Å². The van der Waals surface area contributed by atoms with Crippen molar-refractivity contribution in [3.63, 3.8) is 0 Å². The summed E-state index contributed by atoms with van der Waals surface area (Å²) in [6, 6.07) is 4.34. The van der Waals surface area contributed by atoms with E-state index >= 15 is 0 Å². The third-order valence-corrected chi connectivity index (χ3v) is 4.88. The van der Waals surface area contributed by atoms with Gasteiger partial charge in [0.05, 0.1) is 5.69 Å². The van der Waals surface area contributed by atoms with Crippen LogP contribution in [0.3, 0.4) is 0 Å². The number of unbranched alkanes of at least 4 members (excludes halogenated alkanes) is 6. The van der Waals surface area contributed by atoms with Crippen LogP contribution in [-0.2, 0) is 0 Å². The van der Waals surface area contributed by atoms with E-state index in [-0.39, 0.29) is 0 Å². The first kappa shape index (κ1) is 23.1. The Morgan fingerprint density at radius 1 is 0.958 bits per heavy atom. The average molecular weight is 350 g/mol. The second kappa shape index (κ2) is 15.6. The number of hydrogen-bond donors (Lipinski definition) is 1. The smallest absolute Gasteiger partial charge is 0.0515 e. The second-order valence-corrected chi connectivity index (χ2v) is 7.35. The lowest BCUT2D eigenvalue weighted by Gasteiger charge is -2.13. The van der Waals surface area contributed by atoms with E-state index in [2.05, 4.69) is 58.1 Å². The summed E-state index contributed by atoms with van der Waals surface area (Å²) < 4.78 is 3.49. The van der Waals surface area contributed by atoms with E-state index in [4.69, 9.17) is 0 Å². The highest BCUT2D eigenvalue weighted by Crippen LogP contribution is 2.26. The van der Waals surface area contributed by atoms with Crippen molar-refractivity contribution in [2.75, 3.05) is 10.5 Å². The van der Waals surface area contributed by atoms with Crippen LogP contribution in [0.1, 0.15) is 88.8 Å². The van der Waals surface area contributed by atoms with Crippen LogP contribution in [0, 0.1) is 13.8 Å². The SMILES string of the molecule is C=Cc1c(NSCCCCCCCCC)ccc(C)c1C.CCC. The molecule has 0 aliphatic carbocycles. The van der Waals surface area contributed by atoms with Gasteiger partial charge in [-0.05, 0) is 37.5 Å². The molecule has 0 fully saturated rings. The maximum Gasteiger partial charge on any atom is 0.0515 e. The minimum atomic E-state index is 1.18. The first-order valence-corrected chi connectivity index (χ1v) is 10.7. The zero-order chi connectivity index (χ0) is 18.2. The molecular formula is C22H39NS. The van der Waals surface area contributed by atoms with E-state index in [1.54, 1.807) is 0 Å². The lowest BCUT2D eigenvalue weighted by molar-refractivity contribution is 0.604. The summed E-state index contributed by atoms with van der Waals surface area (Å²) in [6.45, 7) is 14.8. The first-order valence-electron chi connectivity index (χ1n) is 9.72. The Balaban J connectivity index is 0.00000163. The summed E-state index contributed by atoms with van der Waals surface area (Å²) in [5.74, 6) is 1.18. The van der Waals surface area contributed by atoms with E-state index in [1.165, 1.54) is 79.5 Å². The van der Waals surface area contributed by atoms with Crippen molar-refractivity contribution in [1.29, 1.82) is 0 Å². The largest absolute Gasteiger partial charge is 0.329 e. The van der Waals surface area contributed by atoms with E-state index in [9.17, 15) is 0 Å². The Kier molecular flexibility index (Phi) is 15.0. The molecule has 0 aliphatic heterocycles. The fourth-order valence-corrected chi connectivity index (χ4v) is 3.23. The van der Waals surface area contributed by atoms with Crippen LogP contribution < -0.4 is 4.72 Å². The summed E-state index contributed by atoms with van der Waals surface area (Å²) in [6.07, 6.45) is 12.8. The number of hydrogen-bond acceptors (Lipinski definition) is 2. The average Bonchev–Trinajstić information content (AvgIpc) is 2.57. The molecule has 0 aromatic heterocycles. The molecule has 138 valence electrons. The van der Waals surface area contributed by atoms with Gasteiger partial charge in [0.1, 0.15) is 0 Å². The third kappa shape index (κ3) is 10.1. The molecule has 2 heteroatoms. The van der Waals surface area contributed by atoms with Crippen LogP contribution in [0.5, 0.6) is 0 Å². The molecule has 1 nitrogen and oxygen atoms in total. The van der Waals surface area contributed by atoms with Crippen molar-refractivity contribution < 1.29 is 0 Å². The predicted octanol–water partition coefficient (Wildman–Crippen LogP) is 8.17. The third-order valence-electron chi connectivity index (χ3n) is 4.02. The van der Waals surface area contributed by atoms with Crippen LogP contribution >= 0.6 is 11.9 Å². The molecule has 0 atom stereocenters. The Morgan fingerprint density at radius 3 is 2.12 bits per heavy atom. The van der Waals surface area contributed by atoms with Gasteiger partial charge in [0.2, 0.25) is 0 Å². The number of benzene rings is 1. The van der Waals surface area contributed by atoms with Gasteiger partial charge >= 0.3 is 0 Å². The van der Waals surface area contributed by atoms with Crippen LogP contribution in [0.25, 0.3) is 6.08 Å². The zero-order valence-corrected chi connectivity index (χ0v) is 17.5. The minimum absolute atomic E-state index is 1.18. The molecule has 1 aromatic carbocycles. The maximum atomic E-state index is 3.94. The van der Waals surface area contributed by atoms with Gasteiger partial charge in [0.15, 0.2) is 0 Å². The number of rotatable bonds is 11. The number of nitrogens with one attached hydrogen (secondary N) is 1. The monoisotopic (exact) mass is 349 g/mol. The van der Waals surface area contributed by atoms with Gasteiger partial charge in [-0.1, -0.05) is 96.4 Å². The van der Waals surface area contributed by atoms with Gasteiger partial charge in [-0.2, -0.15) is 0 Å².